The number of aryl methyl sites for hydroxylation is 1. The van der Waals surface area contributed by atoms with E-state index in [4.69, 9.17) is 14.2 Å². The summed E-state index contributed by atoms with van der Waals surface area (Å²) in [4.78, 5) is 12.6. The molecule has 6 nitrogen and oxygen atoms in total. The maximum absolute atomic E-state index is 12.6. The van der Waals surface area contributed by atoms with Gasteiger partial charge in [0.15, 0.2) is 0 Å². The predicted molar refractivity (Wildman–Crippen MR) is 91.9 cm³/mol. The van der Waals surface area contributed by atoms with Crippen LogP contribution < -0.4 is 14.8 Å². The molecule has 1 fully saturated rings. The molecule has 3 rings (SSSR count). The molecule has 6 heteroatoms. The van der Waals surface area contributed by atoms with Crippen molar-refractivity contribution in [1.82, 2.24) is 9.88 Å². The van der Waals surface area contributed by atoms with E-state index in [0.717, 1.165) is 48.5 Å². The van der Waals surface area contributed by atoms with Crippen molar-refractivity contribution >= 4 is 16.8 Å². The van der Waals surface area contributed by atoms with E-state index in [1.165, 1.54) is 0 Å². The van der Waals surface area contributed by atoms with Gasteiger partial charge in [0.05, 0.1) is 19.7 Å². The van der Waals surface area contributed by atoms with Crippen LogP contribution >= 0.6 is 0 Å². The normalized spacial score (nSPS) is 15.5. The van der Waals surface area contributed by atoms with Crippen molar-refractivity contribution in [3.63, 3.8) is 0 Å². The number of carbonyl (C=O) groups excluding carboxylic acids is 1. The summed E-state index contributed by atoms with van der Waals surface area (Å²) in [5, 5.41) is 3.92. The summed E-state index contributed by atoms with van der Waals surface area (Å²) in [5.74, 6) is 1.85. The zero-order chi connectivity index (χ0) is 17.1. The first-order valence-electron chi connectivity index (χ1n) is 8.22. The highest BCUT2D eigenvalue weighted by atomic mass is 16.5. The molecule has 0 bridgehead atoms. The molecule has 0 spiro atoms. The van der Waals surface area contributed by atoms with Crippen molar-refractivity contribution in [1.29, 1.82) is 0 Å². The number of hydrogen-bond acceptors (Lipinski definition) is 4. The minimum Gasteiger partial charge on any atom is -0.496 e. The van der Waals surface area contributed by atoms with Gasteiger partial charge in [-0.1, -0.05) is 0 Å². The molecule has 1 aromatic carbocycles. The monoisotopic (exact) mass is 332 g/mol. The maximum atomic E-state index is 12.6. The van der Waals surface area contributed by atoms with Gasteiger partial charge in [-0.05, 0) is 37.0 Å². The average Bonchev–Trinajstić information content (AvgIpc) is 2.98. The Bertz CT molecular complexity index is 732. The summed E-state index contributed by atoms with van der Waals surface area (Å²) in [6.07, 6.45) is 1.99. The SMILES string of the molecule is COc1ccc(OC)c2c1cc(C(=O)NCC1CCOCC1)n2C. The number of nitrogens with one attached hydrogen (secondary N) is 1. The van der Waals surface area contributed by atoms with Crippen molar-refractivity contribution < 1.29 is 19.0 Å². The van der Waals surface area contributed by atoms with Gasteiger partial charge in [-0.15, -0.1) is 0 Å². The highest BCUT2D eigenvalue weighted by Gasteiger charge is 2.20. The Balaban J connectivity index is 1.85. The summed E-state index contributed by atoms with van der Waals surface area (Å²) < 4.78 is 18.1. The second-order valence-electron chi connectivity index (χ2n) is 6.09. The van der Waals surface area contributed by atoms with E-state index >= 15 is 0 Å². The van der Waals surface area contributed by atoms with Crippen LogP contribution in [0.2, 0.25) is 0 Å². The van der Waals surface area contributed by atoms with Crippen molar-refractivity contribution in [3.8, 4) is 11.5 Å². The van der Waals surface area contributed by atoms with Crippen LogP contribution in [0, 0.1) is 5.92 Å². The number of carbonyl (C=O) groups is 1. The van der Waals surface area contributed by atoms with E-state index in [-0.39, 0.29) is 5.91 Å². The fourth-order valence-corrected chi connectivity index (χ4v) is 3.25. The van der Waals surface area contributed by atoms with Gasteiger partial charge >= 0.3 is 0 Å². The molecular formula is C18H24N2O4. The van der Waals surface area contributed by atoms with E-state index in [1.807, 2.05) is 29.8 Å². The van der Waals surface area contributed by atoms with Crippen molar-refractivity contribution in [2.45, 2.75) is 12.8 Å². The molecule has 0 unspecified atom stereocenters. The molecular weight excluding hydrogens is 308 g/mol. The third-order valence-corrected chi connectivity index (χ3v) is 4.68. The van der Waals surface area contributed by atoms with Crippen molar-refractivity contribution in [2.75, 3.05) is 34.0 Å². The van der Waals surface area contributed by atoms with E-state index in [2.05, 4.69) is 5.32 Å². The molecule has 1 amide bonds. The van der Waals surface area contributed by atoms with Crippen LogP contribution in [0.5, 0.6) is 11.5 Å². The highest BCUT2D eigenvalue weighted by molar-refractivity contribution is 6.02. The molecule has 0 radical (unpaired) electrons. The van der Waals surface area contributed by atoms with Gasteiger partial charge in [-0.25, -0.2) is 0 Å². The van der Waals surface area contributed by atoms with Gasteiger partial charge in [-0.3, -0.25) is 4.79 Å². The number of rotatable bonds is 5. The van der Waals surface area contributed by atoms with Crippen molar-refractivity contribution in [2.24, 2.45) is 13.0 Å². The van der Waals surface area contributed by atoms with E-state index in [1.54, 1.807) is 14.2 Å². The second kappa shape index (κ2) is 7.13. The molecule has 1 aliphatic rings. The Hall–Kier alpha value is -2.21. The Kier molecular flexibility index (Phi) is 4.94. The standard InChI is InChI=1S/C18H24N2O4/c1-20-14(18(21)19-11-12-6-8-24-9-7-12)10-13-15(22-2)4-5-16(23-3)17(13)20/h4-5,10,12H,6-9,11H2,1-3H3,(H,19,21). The Morgan fingerprint density at radius 1 is 1.25 bits per heavy atom. The Labute approximate surface area is 141 Å². The summed E-state index contributed by atoms with van der Waals surface area (Å²) in [7, 11) is 5.12. The van der Waals surface area contributed by atoms with E-state index in [0.29, 0.717) is 18.2 Å². The molecule has 130 valence electrons. The first kappa shape index (κ1) is 16.6. The fourth-order valence-electron chi connectivity index (χ4n) is 3.25. The van der Waals surface area contributed by atoms with Gasteiger partial charge in [0.25, 0.3) is 5.91 Å². The lowest BCUT2D eigenvalue weighted by molar-refractivity contribution is 0.0641. The third-order valence-electron chi connectivity index (χ3n) is 4.68. The third kappa shape index (κ3) is 3.06. The largest absolute Gasteiger partial charge is 0.496 e. The summed E-state index contributed by atoms with van der Waals surface area (Å²) in [5.41, 5.74) is 1.45. The number of amides is 1. The molecule has 1 aliphatic heterocycles. The molecule has 1 N–H and O–H groups in total. The molecule has 1 aromatic heterocycles. The van der Waals surface area contributed by atoms with Gasteiger partial charge in [0.2, 0.25) is 0 Å². The zero-order valence-electron chi connectivity index (χ0n) is 14.4. The lowest BCUT2D eigenvalue weighted by Gasteiger charge is -2.22. The lowest BCUT2D eigenvalue weighted by atomic mass is 10.0. The molecule has 0 aliphatic carbocycles. The molecule has 1 saturated heterocycles. The quantitative estimate of drug-likeness (QED) is 0.913. The number of ether oxygens (including phenoxy) is 3. The number of hydrogen-bond donors (Lipinski definition) is 1. The summed E-state index contributed by atoms with van der Waals surface area (Å²) in [6, 6.07) is 5.56. The minimum atomic E-state index is -0.0794. The van der Waals surface area contributed by atoms with Crippen LogP contribution in [0.3, 0.4) is 0 Å². The summed E-state index contributed by atoms with van der Waals surface area (Å²) in [6.45, 7) is 2.24. The molecule has 24 heavy (non-hydrogen) atoms. The van der Waals surface area contributed by atoms with Crippen molar-refractivity contribution in [3.05, 3.63) is 23.9 Å². The lowest BCUT2D eigenvalue weighted by Crippen LogP contribution is -2.33. The van der Waals surface area contributed by atoms with E-state index in [9.17, 15) is 4.79 Å². The summed E-state index contributed by atoms with van der Waals surface area (Å²) >= 11 is 0. The molecule has 0 atom stereocenters. The second-order valence-corrected chi connectivity index (χ2v) is 6.09. The smallest absolute Gasteiger partial charge is 0.267 e. The van der Waals surface area contributed by atoms with Gasteiger partial charge in [0, 0.05) is 32.2 Å². The van der Waals surface area contributed by atoms with Crippen LogP contribution in [0.15, 0.2) is 18.2 Å². The van der Waals surface area contributed by atoms with Gasteiger partial charge in [-0.2, -0.15) is 0 Å². The van der Waals surface area contributed by atoms with Crippen LogP contribution in [0.1, 0.15) is 23.3 Å². The highest BCUT2D eigenvalue weighted by Crippen LogP contribution is 2.35. The molecule has 0 saturated carbocycles. The maximum Gasteiger partial charge on any atom is 0.267 e. The average molecular weight is 332 g/mol. The van der Waals surface area contributed by atoms with Crippen LogP contribution in [-0.2, 0) is 11.8 Å². The zero-order valence-corrected chi connectivity index (χ0v) is 14.4. The number of aromatic nitrogens is 1. The topological polar surface area (TPSA) is 61.7 Å². The van der Waals surface area contributed by atoms with Crippen LogP contribution in [-0.4, -0.2) is 44.5 Å². The fraction of sp³-hybridized carbons (Fsp3) is 0.500. The number of nitrogens with zero attached hydrogens (tertiary/aromatic N) is 1. The number of methoxy groups -OCH3 is 2. The van der Waals surface area contributed by atoms with Gasteiger partial charge in [0.1, 0.15) is 17.2 Å². The first-order valence-corrected chi connectivity index (χ1v) is 8.22. The number of fused-ring (bicyclic) bond motifs is 1. The Morgan fingerprint density at radius 2 is 1.92 bits per heavy atom. The van der Waals surface area contributed by atoms with E-state index < -0.39 is 0 Å². The first-order chi connectivity index (χ1) is 11.7. The predicted octanol–water partition coefficient (Wildman–Crippen LogP) is 2.35. The molecule has 2 aromatic rings. The van der Waals surface area contributed by atoms with Crippen LogP contribution in [0.25, 0.3) is 10.9 Å². The van der Waals surface area contributed by atoms with Gasteiger partial charge < -0.3 is 24.1 Å². The molecule has 2 heterocycles. The minimum absolute atomic E-state index is 0.0794. The Morgan fingerprint density at radius 3 is 2.58 bits per heavy atom. The number of benzene rings is 1. The van der Waals surface area contributed by atoms with Crippen LogP contribution in [0.4, 0.5) is 0 Å².